The first-order valence-electron chi connectivity index (χ1n) is 4.54. The monoisotopic (exact) mass is 255 g/mol. The number of nitrogens with zero attached hydrogens (tertiary/aromatic N) is 1. The van der Waals surface area contributed by atoms with Crippen molar-refractivity contribution in [3.05, 3.63) is 45.4 Å². The smallest absolute Gasteiger partial charge is 0.183 e. The molecule has 15 heavy (non-hydrogen) atoms. The molecule has 1 heterocycles. The Hall–Kier alpha value is -0.510. The van der Waals surface area contributed by atoms with Crippen molar-refractivity contribution in [2.75, 3.05) is 0 Å². The van der Waals surface area contributed by atoms with Crippen LogP contribution in [0.3, 0.4) is 0 Å². The second-order valence-electron chi connectivity index (χ2n) is 3.18. The van der Waals surface area contributed by atoms with Gasteiger partial charge in [-0.1, -0.05) is 29.3 Å². The maximum atomic E-state index is 5.76. The Morgan fingerprint density at radius 1 is 1.33 bits per heavy atom. The van der Waals surface area contributed by atoms with Gasteiger partial charge in [0.15, 0.2) is 4.47 Å². The zero-order valence-corrected chi connectivity index (χ0v) is 10.6. The number of thioether (sulfide) groups is 1. The second kappa shape index (κ2) is 5.01. The van der Waals surface area contributed by atoms with E-state index in [0.717, 1.165) is 5.75 Å². The van der Waals surface area contributed by atoms with Crippen molar-refractivity contribution in [3.63, 3.8) is 0 Å². The third kappa shape index (κ3) is 3.23. The van der Waals surface area contributed by atoms with Crippen LogP contribution in [0.4, 0.5) is 0 Å². The zero-order valence-electron chi connectivity index (χ0n) is 8.24. The van der Waals surface area contributed by atoms with Gasteiger partial charge in [0.2, 0.25) is 0 Å². The van der Waals surface area contributed by atoms with Crippen LogP contribution in [-0.4, -0.2) is 4.98 Å². The van der Waals surface area contributed by atoms with E-state index in [2.05, 4.69) is 36.2 Å². The highest BCUT2D eigenvalue weighted by Crippen LogP contribution is 2.27. The van der Waals surface area contributed by atoms with Crippen LogP contribution in [0.1, 0.15) is 10.4 Å². The summed E-state index contributed by atoms with van der Waals surface area (Å²) in [6.45, 7) is 2.09. The third-order valence-electron chi connectivity index (χ3n) is 1.93. The van der Waals surface area contributed by atoms with Gasteiger partial charge in [-0.2, -0.15) is 0 Å². The number of halogens is 1. The molecule has 0 saturated carbocycles. The van der Waals surface area contributed by atoms with Crippen molar-refractivity contribution in [3.8, 4) is 0 Å². The average Bonchev–Trinajstić information content (AvgIpc) is 2.64. The molecule has 4 heteroatoms. The zero-order chi connectivity index (χ0) is 10.7. The number of rotatable bonds is 3. The predicted octanol–water partition coefficient (Wildman–Crippen LogP) is 4.40. The molecule has 0 bridgehead atoms. The minimum Gasteiger partial charge on any atom is -0.233 e. The van der Waals surface area contributed by atoms with Gasteiger partial charge in [0.25, 0.3) is 0 Å². The van der Waals surface area contributed by atoms with Crippen molar-refractivity contribution in [2.45, 2.75) is 17.6 Å². The van der Waals surface area contributed by atoms with Gasteiger partial charge in [-0.25, -0.2) is 4.98 Å². The molecule has 0 atom stereocenters. The van der Waals surface area contributed by atoms with Gasteiger partial charge < -0.3 is 0 Å². The molecule has 0 radical (unpaired) electrons. The van der Waals surface area contributed by atoms with Gasteiger partial charge in [0.1, 0.15) is 0 Å². The first-order valence-corrected chi connectivity index (χ1v) is 6.72. The summed E-state index contributed by atoms with van der Waals surface area (Å²) < 4.78 is 0.620. The maximum absolute atomic E-state index is 5.76. The summed E-state index contributed by atoms with van der Waals surface area (Å²) in [4.78, 5) is 6.51. The maximum Gasteiger partial charge on any atom is 0.183 e. The molecular weight excluding hydrogens is 246 g/mol. The fraction of sp³-hybridized carbons (Fsp3) is 0.182. The number of thiazole rings is 1. The second-order valence-corrected chi connectivity index (χ2v) is 5.93. The highest BCUT2D eigenvalue weighted by Gasteiger charge is 2.00. The van der Waals surface area contributed by atoms with Gasteiger partial charge >= 0.3 is 0 Å². The summed E-state index contributed by atoms with van der Waals surface area (Å²) in [7, 11) is 0. The molecule has 0 fully saturated rings. The number of hydrogen-bond donors (Lipinski definition) is 0. The summed E-state index contributed by atoms with van der Waals surface area (Å²) in [5, 5.41) is 0. The van der Waals surface area contributed by atoms with Gasteiger partial charge in [-0.05, 0) is 19.1 Å². The Labute approximate surface area is 103 Å². The molecule has 0 saturated heterocycles. The van der Waals surface area contributed by atoms with Crippen LogP contribution >= 0.6 is 34.7 Å². The van der Waals surface area contributed by atoms with Gasteiger partial charge in [0.05, 0.1) is 0 Å². The lowest BCUT2D eigenvalue weighted by Crippen LogP contribution is -1.75. The van der Waals surface area contributed by atoms with Gasteiger partial charge in [0, 0.05) is 21.7 Å². The van der Waals surface area contributed by atoms with Gasteiger partial charge in [-0.15, -0.1) is 23.1 Å². The normalized spacial score (nSPS) is 10.5. The number of aryl methyl sites for hydroxylation is 1. The topological polar surface area (TPSA) is 12.9 Å². The molecule has 0 aliphatic carbocycles. The Morgan fingerprint density at radius 2 is 2.07 bits per heavy atom. The lowest BCUT2D eigenvalue weighted by atomic mass is 10.2. The number of aromatic nitrogens is 1. The van der Waals surface area contributed by atoms with Crippen LogP contribution in [0, 0.1) is 6.92 Å². The lowest BCUT2D eigenvalue weighted by Gasteiger charge is -1.99. The minimum absolute atomic E-state index is 0.620. The van der Waals surface area contributed by atoms with Crippen molar-refractivity contribution >= 4 is 34.7 Å². The molecule has 0 amide bonds. The van der Waals surface area contributed by atoms with E-state index in [1.54, 1.807) is 11.3 Å². The molecule has 0 aliphatic heterocycles. The summed E-state index contributed by atoms with van der Waals surface area (Å²) in [5.41, 5.74) is 1.29. The summed E-state index contributed by atoms with van der Waals surface area (Å²) in [6, 6.07) is 8.54. The van der Waals surface area contributed by atoms with Crippen molar-refractivity contribution in [1.82, 2.24) is 4.98 Å². The van der Waals surface area contributed by atoms with E-state index in [-0.39, 0.29) is 0 Å². The lowest BCUT2D eigenvalue weighted by molar-refractivity contribution is 1.35. The quantitative estimate of drug-likeness (QED) is 0.754. The van der Waals surface area contributed by atoms with Crippen LogP contribution in [0.15, 0.2) is 35.4 Å². The van der Waals surface area contributed by atoms with Crippen LogP contribution in [-0.2, 0) is 5.75 Å². The molecule has 0 spiro atoms. The summed E-state index contributed by atoms with van der Waals surface area (Å²) >= 11 is 9.11. The Morgan fingerprint density at radius 3 is 2.67 bits per heavy atom. The van der Waals surface area contributed by atoms with Crippen LogP contribution in [0.5, 0.6) is 0 Å². The van der Waals surface area contributed by atoms with Gasteiger partial charge in [-0.3, -0.25) is 0 Å². The van der Waals surface area contributed by atoms with E-state index in [4.69, 9.17) is 11.6 Å². The molecule has 1 aromatic heterocycles. The Balaban J connectivity index is 1.96. The Bertz CT molecular complexity index is 436. The SMILES string of the molecule is Cc1ccc(SCc2cnc(Cl)s2)cc1. The first-order chi connectivity index (χ1) is 7.24. The molecule has 0 N–H and O–H groups in total. The molecular formula is C11H10ClNS2. The predicted molar refractivity (Wildman–Crippen MR) is 67.9 cm³/mol. The summed E-state index contributed by atoms with van der Waals surface area (Å²) in [6.07, 6.45) is 1.84. The highest BCUT2D eigenvalue weighted by molar-refractivity contribution is 7.98. The van der Waals surface area contributed by atoms with E-state index in [0.29, 0.717) is 4.47 Å². The molecule has 1 nitrogen and oxygen atoms in total. The molecule has 2 aromatic rings. The molecule has 2 rings (SSSR count). The Kier molecular flexibility index (Phi) is 3.67. The molecule has 0 aliphatic rings. The van der Waals surface area contributed by atoms with Crippen LogP contribution in [0.25, 0.3) is 0 Å². The minimum atomic E-state index is 0.620. The molecule has 0 unspecified atom stereocenters. The van der Waals surface area contributed by atoms with Crippen LogP contribution < -0.4 is 0 Å². The summed E-state index contributed by atoms with van der Waals surface area (Å²) in [5.74, 6) is 0.938. The van der Waals surface area contributed by atoms with E-state index >= 15 is 0 Å². The molecule has 1 aromatic carbocycles. The molecule has 78 valence electrons. The third-order valence-corrected chi connectivity index (χ3v) is 4.29. The fourth-order valence-corrected chi connectivity index (χ4v) is 3.04. The highest BCUT2D eigenvalue weighted by atomic mass is 35.5. The van der Waals surface area contributed by atoms with E-state index in [1.165, 1.54) is 15.3 Å². The van der Waals surface area contributed by atoms with Crippen LogP contribution in [0.2, 0.25) is 4.47 Å². The number of hydrogen-bond acceptors (Lipinski definition) is 3. The number of benzene rings is 1. The fourth-order valence-electron chi connectivity index (χ4n) is 1.14. The largest absolute Gasteiger partial charge is 0.233 e. The average molecular weight is 256 g/mol. The van der Waals surface area contributed by atoms with E-state index in [9.17, 15) is 0 Å². The van der Waals surface area contributed by atoms with Crippen molar-refractivity contribution < 1.29 is 0 Å². The van der Waals surface area contributed by atoms with Crippen molar-refractivity contribution in [1.29, 1.82) is 0 Å². The first kappa shape index (κ1) is 11.0. The van der Waals surface area contributed by atoms with E-state index in [1.807, 2.05) is 18.0 Å². The van der Waals surface area contributed by atoms with E-state index < -0.39 is 0 Å². The standard InChI is InChI=1S/C11H10ClNS2/c1-8-2-4-9(5-3-8)14-7-10-6-13-11(12)15-10/h2-6H,7H2,1H3. The van der Waals surface area contributed by atoms with Crippen molar-refractivity contribution in [2.24, 2.45) is 0 Å².